The van der Waals surface area contributed by atoms with E-state index in [0.29, 0.717) is 23.9 Å². The summed E-state index contributed by atoms with van der Waals surface area (Å²) in [5, 5.41) is 9.01. The van der Waals surface area contributed by atoms with Crippen LogP contribution in [-0.2, 0) is 16.0 Å². The van der Waals surface area contributed by atoms with Crippen LogP contribution in [0.3, 0.4) is 0 Å². The number of aromatic amines is 1. The highest BCUT2D eigenvalue weighted by atomic mass is 28.3. The number of aromatic nitrogens is 1. The molecule has 0 aliphatic carbocycles. The van der Waals surface area contributed by atoms with Gasteiger partial charge in [-0.3, -0.25) is 9.59 Å². The first-order valence-corrected chi connectivity index (χ1v) is 10.6. The Morgan fingerprint density at radius 1 is 1.33 bits per heavy atom. The number of esters is 1. The van der Waals surface area contributed by atoms with E-state index in [4.69, 9.17) is 10.00 Å². The molecule has 0 bridgehead atoms. The standard InChI is InChI=1S/C15H22N2O3Si/c1-10-12(11(2)17-15(19)13(10)8-16)6-7-14(18)20-9-21(3,4)5/h6-7,9H2,1-5H3,(H,17,19). The molecule has 0 aliphatic heterocycles. The molecule has 0 amide bonds. The van der Waals surface area contributed by atoms with E-state index in [9.17, 15) is 9.59 Å². The van der Waals surface area contributed by atoms with Crippen LogP contribution >= 0.6 is 0 Å². The number of carbonyl (C=O) groups excluding carboxylic acids is 1. The predicted octanol–water partition coefficient (Wildman–Crippen LogP) is 2.22. The third kappa shape index (κ3) is 4.87. The first kappa shape index (κ1) is 17.2. The molecule has 0 fully saturated rings. The van der Waals surface area contributed by atoms with Crippen molar-refractivity contribution in [3.05, 3.63) is 32.7 Å². The lowest BCUT2D eigenvalue weighted by Gasteiger charge is -2.16. The van der Waals surface area contributed by atoms with Gasteiger partial charge in [0.25, 0.3) is 5.56 Å². The first-order valence-electron chi connectivity index (χ1n) is 6.94. The Bertz CT molecular complexity index is 636. The molecule has 21 heavy (non-hydrogen) atoms. The predicted molar refractivity (Wildman–Crippen MR) is 83.9 cm³/mol. The summed E-state index contributed by atoms with van der Waals surface area (Å²) in [7, 11) is -1.41. The average molecular weight is 306 g/mol. The Balaban J connectivity index is 2.79. The van der Waals surface area contributed by atoms with E-state index in [2.05, 4.69) is 24.6 Å². The Morgan fingerprint density at radius 3 is 2.48 bits per heavy atom. The van der Waals surface area contributed by atoms with Gasteiger partial charge in [0.05, 0.1) is 14.3 Å². The summed E-state index contributed by atoms with van der Waals surface area (Å²) >= 11 is 0. The minimum atomic E-state index is -1.41. The summed E-state index contributed by atoms with van der Waals surface area (Å²) in [4.78, 5) is 26.1. The number of ether oxygens (including phenoxy) is 1. The third-order valence-electron chi connectivity index (χ3n) is 3.17. The summed E-state index contributed by atoms with van der Waals surface area (Å²) in [6.07, 6.45) is 1.23. The smallest absolute Gasteiger partial charge is 0.305 e. The minimum Gasteiger partial charge on any atom is -0.469 e. The van der Waals surface area contributed by atoms with Crippen LogP contribution in [0.4, 0.5) is 0 Å². The Kier molecular flexibility index (Phi) is 5.50. The van der Waals surface area contributed by atoms with Gasteiger partial charge in [0.1, 0.15) is 11.6 Å². The van der Waals surface area contributed by atoms with E-state index in [0.717, 1.165) is 5.56 Å². The maximum absolute atomic E-state index is 11.8. The number of carbonyl (C=O) groups is 1. The fourth-order valence-corrected chi connectivity index (χ4v) is 2.61. The maximum atomic E-state index is 11.8. The molecule has 0 atom stereocenters. The van der Waals surface area contributed by atoms with Gasteiger partial charge in [-0.05, 0) is 31.4 Å². The number of pyridine rings is 1. The fourth-order valence-electron chi connectivity index (χ4n) is 2.02. The van der Waals surface area contributed by atoms with Crippen LogP contribution in [0.15, 0.2) is 4.79 Å². The molecule has 1 aromatic rings. The number of aryl methyl sites for hydroxylation is 1. The van der Waals surface area contributed by atoms with Gasteiger partial charge < -0.3 is 9.72 Å². The molecular formula is C15H22N2O3Si. The minimum absolute atomic E-state index is 0.117. The van der Waals surface area contributed by atoms with Crippen molar-refractivity contribution in [2.45, 2.75) is 46.3 Å². The van der Waals surface area contributed by atoms with Crippen molar-refractivity contribution >= 4 is 14.0 Å². The number of nitriles is 1. The monoisotopic (exact) mass is 306 g/mol. The Hall–Kier alpha value is -1.87. The lowest BCUT2D eigenvalue weighted by Crippen LogP contribution is -2.30. The van der Waals surface area contributed by atoms with E-state index in [1.807, 2.05) is 6.07 Å². The van der Waals surface area contributed by atoms with E-state index >= 15 is 0 Å². The van der Waals surface area contributed by atoms with Gasteiger partial charge in [0.15, 0.2) is 0 Å². The zero-order valence-corrected chi connectivity index (χ0v) is 14.3. The van der Waals surface area contributed by atoms with Crippen molar-refractivity contribution in [3.8, 4) is 6.07 Å². The molecule has 0 unspecified atom stereocenters. The average Bonchev–Trinajstić information content (AvgIpc) is 2.35. The highest BCUT2D eigenvalue weighted by Gasteiger charge is 2.17. The van der Waals surface area contributed by atoms with Crippen LogP contribution in [0.1, 0.15) is 28.8 Å². The molecule has 5 nitrogen and oxygen atoms in total. The molecule has 0 aromatic carbocycles. The molecule has 114 valence electrons. The van der Waals surface area contributed by atoms with E-state index in [-0.39, 0.29) is 23.5 Å². The van der Waals surface area contributed by atoms with Crippen molar-refractivity contribution < 1.29 is 9.53 Å². The SMILES string of the molecule is Cc1[nH]c(=O)c(C#N)c(C)c1CCC(=O)OC[Si](C)(C)C. The van der Waals surface area contributed by atoms with Gasteiger partial charge in [-0.1, -0.05) is 19.6 Å². The molecule has 0 radical (unpaired) electrons. The maximum Gasteiger partial charge on any atom is 0.305 e. The summed E-state index contributed by atoms with van der Waals surface area (Å²) in [6.45, 7) is 9.92. The highest BCUT2D eigenvalue weighted by molar-refractivity contribution is 6.76. The molecule has 6 heteroatoms. The largest absolute Gasteiger partial charge is 0.469 e. The summed E-state index contributed by atoms with van der Waals surface area (Å²) in [5.41, 5.74) is 1.94. The molecule has 1 heterocycles. The van der Waals surface area contributed by atoms with E-state index < -0.39 is 8.07 Å². The molecule has 0 aliphatic rings. The van der Waals surface area contributed by atoms with Gasteiger partial charge in [-0.25, -0.2) is 0 Å². The quantitative estimate of drug-likeness (QED) is 0.668. The van der Waals surface area contributed by atoms with Crippen molar-refractivity contribution in [2.75, 3.05) is 6.23 Å². The van der Waals surface area contributed by atoms with Crippen molar-refractivity contribution in [2.24, 2.45) is 0 Å². The lowest BCUT2D eigenvalue weighted by atomic mass is 9.99. The third-order valence-corrected chi connectivity index (χ3v) is 4.18. The molecule has 0 spiro atoms. The Morgan fingerprint density at radius 2 is 1.95 bits per heavy atom. The van der Waals surface area contributed by atoms with Crippen molar-refractivity contribution in [1.29, 1.82) is 5.26 Å². The van der Waals surface area contributed by atoms with Crippen LogP contribution in [0.25, 0.3) is 0 Å². The molecule has 0 saturated heterocycles. The van der Waals surface area contributed by atoms with Crippen LogP contribution in [-0.4, -0.2) is 25.3 Å². The zero-order valence-electron chi connectivity index (χ0n) is 13.3. The van der Waals surface area contributed by atoms with Crippen LogP contribution in [0, 0.1) is 25.2 Å². The zero-order chi connectivity index (χ0) is 16.2. The molecule has 1 rings (SSSR count). The fraction of sp³-hybridized carbons (Fsp3) is 0.533. The van der Waals surface area contributed by atoms with Gasteiger partial charge in [0, 0.05) is 12.1 Å². The number of hydrogen-bond donors (Lipinski definition) is 1. The highest BCUT2D eigenvalue weighted by Crippen LogP contribution is 2.15. The van der Waals surface area contributed by atoms with Crippen molar-refractivity contribution in [3.63, 3.8) is 0 Å². The van der Waals surface area contributed by atoms with Crippen molar-refractivity contribution in [1.82, 2.24) is 4.98 Å². The molecular weight excluding hydrogens is 284 g/mol. The van der Waals surface area contributed by atoms with Gasteiger partial charge in [-0.15, -0.1) is 0 Å². The number of nitrogens with zero attached hydrogens (tertiary/aromatic N) is 1. The lowest BCUT2D eigenvalue weighted by molar-refractivity contribution is -0.141. The normalized spacial score (nSPS) is 11.0. The summed E-state index contributed by atoms with van der Waals surface area (Å²) < 4.78 is 5.27. The number of nitrogens with one attached hydrogen (secondary N) is 1. The van der Waals surface area contributed by atoms with E-state index in [1.54, 1.807) is 13.8 Å². The topological polar surface area (TPSA) is 83.0 Å². The first-order chi connectivity index (χ1) is 9.65. The summed E-state index contributed by atoms with van der Waals surface area (Å²) in [5.74, 6) is -0.235. The van der Waals surface area contributed by atoms with Crippen LogP contribution in [0.5, 0.6) is 0 Å². The molecule has 1 N–H and O–H groups in total. The van der Waals surface area contributed by atoms with E-state index in [1.165, 1.54) is 0 Å². The number of rotatable bonds is 5. The van der Waals surface area contributed by atoms with Crippen LogP contribution < -0.4 is 5.56 Å². The molecule has 0 saturated carbocycles. The number of hydrogen-bond acceptors (Lipinski definition) is 4. The van der Waals surface area contributed by atoms with Crippen LogP contribution in [0.2, 0.25) is 19.6 Å². The second kappa shape index (κ2) is 6.72. The van der Waals surface area contributed by atoms with Gasteiger partial charge in [-0.2, -0.15) is 5.26 Å². The molecule has 1 aromatic heterocycles. The second-order valence-corrected chi connectivity index (χ2v) is 11.8. The Labute approximate surface area is 126 Å². The summed E-state index contributed by atoms with van der Waals surface area (Å²) in [6, 6.07) is 1.91. The second-order valence-electron chi connectivity index (χ2n) is 6.39. The van der Waals surface area contributed by atoms with Gasteiger partial charge >= 0.3 is 5.97 Å². The van der Waals surface area contributed by atoms with Gasteiger partial charge in [0.2, 0.25) is 0 Å². The number of H-pyrrole nitrogens is 1.